The summed E-state index contributed by atoms with van der Waals surface area (Å²) in [5, 5.41) is 8.84. The molecule has 8 heteroatoms. The number of nitrogens with zero attached hydrogens (tertiary/aromatic N) is 1. The number of carbonyl (C=O) groups excluding carboxylic acids is 3. The van der Waals surface area contributed by atoms with Crippen molar-refractivity contribution in [1.82, 2.24) is 15.2 Å². The highest BCUT2D eigenvalue weighted by Gasteiger charge is 2.25. The minimum atomic E-state index is -0.144. The lowest BCUT2D eigenvalue weighted by molar-refractivity contribution is -0.115. The number of nitrogens with one attached hydrogen (secondary N) is 4. The zero-order valence-electron chi connectivity index (χ0n) is 28.8. The summed E-state index contributed by atoms with van der Waals surface area (Å²) in [4.78, 5) is 42.2. The standard InChI is InChI=1S/C28H32N4O2.C14H11NO/c1-4-32(5-2)15-9-14-29-28(34)26-19(3)16-22(30-26)18-24-23-13-12-21(17-25(23)31-27(24)33)20-10-7-6-8-11-20;16-14-9-12-7-6-11(8-13(12)15-14)10-4-2-1-3-5-10/h6-8,10-13,16-18,30H,4-5,9,14-15H2,1-3H3,(H,29,34)(H,31,33);1-8H,9H2,(H,15,16). The molecule has 50 heavy (non-hydrogen) atoms. The van der Waals surface area contributed by atoms with Crippen molar-refractivity contribution in [3.8, 4) is 22.3 Å². The van der Waals surface area contributed by atoms with E-state index in [9.17, 15) is 14.4 Å². The van der Waals surface area contributed by atoms with E-state index in [4.69, 9.17) is 0 Å². The summed E-state index contributed by atoms with van der Waals surface area (Å²) in [7, 11) is 0. The predicted molar refractivity (Wildman–Crippen MR) is 203 cm³/mol. The van der Waals surface area contributed by atoms with Crippen LogP contribution >= 0.6 is 0 Å². The third-order valence-electron chi connectivity index (χ3n) is 9.15. The average Bonchev–Trinajstić information content (AvgIpc) is 3.81. The lowest BCUT2D eigenvalue weighted by Gasteiger charge is -2.17. The largest absolute Gasteiger partial charge is 0.351 e. The molecular weight excluding hydrogens is 622 g/mol. The van der Waals surface area contributed by atoms with Crippen molar-refractivity contribution < 1.29 is 14.4 Å². The Labute approximate surface area is 293 Å². The summed E-state index contributed by atoms with van der Waals surface area (Å²) >= 11 is 0. The van der Waals surface area contributed by atoms with Crippen molar-refractivity contribution in [3.05, 3.63) is 131 Å². The van der Waals surface area contributed by atoms with E-state index in [0.717, 1.165) is 76.5 Å². The second-order valence-corrected chi connectivity index (χ2v) is 12.5. The number of benzene rings is 4. The molecule has 0 saturated carbocycles. The minimum absolute atomic E-state index is 0.0835. The average molecular weight is 666 g/mol. The number of H-pyrrole nitrogens is 1. The number of anilines is 2. The van der Waals surface area contributed by atoms with Gasteiger partial charge < -0.3 is 25.8 Å². The number of carbonyl (C=O) groups is 3. The van der Waals surface area contributed by atoms with Crippen LogP contribution in [0.3, 0.4) is 0 Å². The van der Waals surface area contributed by atoms with Crippen LogP contribution in [0.4, 0.5) is 11.4 Å². The van der Waals surface area contributed by atoms with Crippen LogP contribution in [0.25, 0.3) is 33.9 Å². The van der Waals surface area contributed by atoms with Gasteiger partial charge >= 0.3 is 0 Å². The molecule has 0 atom stereocenters. The second-order valence-electron chi connectivity index (χ2n) is 12.5. The normalized spacial score (nSPS) is 13.7. The van der Waals surface area contributed by atoms with Crippen LogP contribution in [-0.2, 0) is 16.0 Å². The lowest BCUT2D eigenvalue weighted by atomic mass is 10.00. The number of aryl methyl sites for hydroxylation is 1. The van der Waals surface area contributed by atoms with Gasteiger partial charge in [-0.2, -0.15) is 0 Å². The van der Waals surface area contributed by atoms with E-state index >= 15 is 0 Å². The van der Waals surface area contributed by atoms with Crippen LogP contribution in [0.15, 0.2) is 103 Å². The molecule has 5 aromatic rings. The Morgan fingerprint density at radius 3 is 2.08 bits per heavy atom. The van der Waals surface area contributed by atoms with E-state index < -0.39 is 0 Å². The van der Waals surface area contributed by atoms with E-state index in [0.29, 0.717) is 24.2 Å². The van der Waals surface area contributed by atoms with Gasteiger partial charge in [0.05, 0.1) is 12.0 Å². The first kappa shape index (κ1) is 34.1. The SMILES string of the molecule is CCN(CC)CCCNC(=O)c1[nH]c(C=C2C(=O)Nc3cc(-c4ccccc4)ccc32)cc1C.O=C1Cc2ccc(-c3ccccc3)cc2N1. The Morgan fingerprint density at radius 2 is 1.42 bits per heavy atom. The zero-order chi connectivity index (χ0) is 35.0. The maximum Gasteiger partial charge on any atom is 0.267 e. The van der Waals surface area contributed by atoms with Crippen LogP contribution in [-0.4, -0.2) is 53.8 Å². The maximum absolute atomic E-state index is 12.7. The fraction of sp³-hybridized carbons (Fsp3) is 0.214. The molecule has 0 fully saturated rings. The van der Waals surface area contributed by atoms with Gasteiger partial charge in [-0.25, -0.2) is 0 Å². The number of aromatic nitrogens is 1. The number of hydrogen-bond donors (Lipinski definition) is 4. The first-order chi connectivity index (χ1) is 24.3. The minimum Gasteiger partial charge on any atom is -0.351 e. The summed E-state index contributed by atoms with van der Waals surface area (Å²) in [5.41, 5.74) is 10.9. The van der Waals surface area contributed by atoms with Gasteiger partial charge in [0.2, 0.25) is 5.91 Å². The third kappa shape index (κ3) is 7.93. The van der Waals surface area contributed by atoms with Gasteiger partial charge in [-0.05, 0) is 90.6 Å². The Bertz CT molecular complexity index is 2030. The molecule has 0 bridgehead atoms. The molecule has 2 aliphatic rings. The molecule has 7 rings (SSSR count). The molecule has 0 unspecified atom stereocenters. The van der Waals surface area contributed by atoms with Gasteiger partial charge in [0.15, 0.2) is 0 Å². The van der Waals surface area contributed by atoms with Gasteiger partial charge in [-0.15, -0.1) is 0 Å². The molecule has 254 valence electrons. The molecule has 1 aromatic heterocycles. The van der Waals surface area contributed by atoms with E-state index in [1.165, 1.54) is 5.56 Å². The van der Waals surface area contributed by atoms with E-state index in [1.54, 1.807) is 0 Å². The van der Waals surface area contributed by atoms with Crippen molar-refractivity contribution in [2.75, 3.05) is 36.8 Å². The van der Waals surface area contributed by atoms with Crippen LogP contribution in [0.2, 0.25) is 0 Å². The van der Waals surface area contributed by atoms with Crippen LogP contribution in [0.5, 0.6) is 0 Å². The van der Waals surface area contributed by atoms with Gasteiger partial charge in [0, 0.05) is 29.2 Å². The summed E-state index contributed by atoms with van der Waals surface area (Å²) in [5.74, 6) is -0.180. The summed E-state index contributed by atoms with van der Waals surface area (Å²) in [6.45, 7) is 9.82. The fourth-order valence-corrected chi connectivity index (χ4v) is 6.36. The Morgan fingerprint density at radius 1 is 0.780 bits per heavy atom. The number of fused-ring (bicyclic) bond motifs is 2. The molecule has 4 aromatic carbocycles. The van der Waals surface area contributed by atoms with Gasteiger partial charge in [0.1, 0.15) is 5.69 Å². The molecule has 8 nitrogen and oxygen atoms in total. The molecule has 0 radical (unpaired) electrons. The van der Waals surface area contributed by atoms with Crippen molar-refractivity contribution >= 4 is 40.7 Å². The number of amides is 3. The monoisotopic (exact) mass is 665 g/mol. The molecule has 0 saturated heterocycles. The first-order valence-corrected chi connectivity index (χ1v) is 17.2. The molecule has 0 aliphatic carbocycles. The van der Waals surface area contributed by atoms with Crippen molar-refractivity contribution in [3.63, 3.8) is 0 Å². The third-order valence-corrected chi connectivity index (χ3v) is 9.15. The number of hydrogen-bond acceptors (Lipinski definition) is 4. The molecule has 4 N–H and O–H groups in total. The van der Waals surface area contributed by atoms with Gasteiger partial charge in [0.25, 0.3) is 11.8 Å². The van der Waals surface area contributed by atoms with E-state index in [2.05, 4.69) is 57.9 Å². The highest BCUT2D eigenvalue weighted by Crippen LogP contribution is 2.36. The topological polar surface area (TPSA) is 106 Å². The molecule has 3 heterocycles. The highest BCUT2D eigenvalue weighted by atomic mass is 16.2. The fourth-order valence-electron chi connectivity index (χ4n) is 6.36. The summed E-state index contributed by atoms with van der Waals surface area (Å²) in [6.07, 6.45) is 3.23. The number of aromatic amines is 1. The molecule has 0 spiro atoms. The summed E-state index contributed by atoms with van der Waals surface area (Å²) < 4.78 is 0. The second kappa shape index (κ2) is 15.7. The smallest absolute Gasteiger partial charge is 0.267 e. The Hall–Kier alpha value is -5.73. The maximum atomic E-state index is 12.7. The predicted octanol–water partition coefficient (Wildman–Crippen LogP) is 7.79. The Balaban J connectivity index is 0.000000223. The molecular formula is C42H43N5O3. The van der Waals surface area contributed by atoms with E-state index in [-0.39, 0.29) is 17.7 Å². The van der Waals surface area contributed by atoms with E-state index in [1.807, 2.05) is 97.9 Å². The molecule has 3 amide bonds. The van der Waals surface area contributed by atoms with Gasteiger partial charge in [-0.3, -0.25) is 14.4 Å². The highest BCUT2D eigenvalue weighted by molar-refractivity contribution is 6.35. The molecule has 2 aliphatic heterocycles. The van der Waals surface area contributed by atoms with Crippen molar-refractivity contribution in [1.29, 1.82) is 0 Å². The van der Waals surface area contributed by atoms with Crippen LogP contribution < -0.4 is 16.0 Å². The summed E-state index contributed by atoms with van der Waals surface area (Å²) in [6, 6.07) is 34.3. The van der Waals surface area contributed by atoms with Crippen molar-refractivity contribution in [2.45, 2.75) is 33.6 Å². The lowest BCUT2D eigenvalue weighted by Crippen LogP contribution is -2.30. The van der Waals surface area contributed by atoms with Crippen LogP contribution in [0, 0.1) is 6.92 Å². The van der Waals surface area contributed by atoms with Gasteiger partial charge in [-0.1, -0.05) is 98.8 Å². The quantitative estimate of drug-likeness (QED) is 0.0903. The number of rotatable bonds is 10. The zero-order valence-corrected chi connectivity index (χ0v) is 28.8. The van der Waals surface area contributed by atoms with Crippen LogP contribution in [0.1, 0.15) is 53.1 Å². The first-order valence-electron chi connectivity index (χ1n) is 17.2. The van der Waals surface area contributed by atoms with Crippen molar-refractivity contribution in [2.24, 2.45) is 0 Å². The Kier molecular flexibility index (Phi) is 10.7.